The van der Waals surface area contributed by atoms with E-state index in [1.165, 1.54) is 33.7 Å². The average molecular weight is 393 g/mol. The summed E-state index contributed by atoms with van der Waals surface area (Å²) in [6, 6.07) is 8.63. The van der Waals surface area contributed by atoms with Crippen molar-refractivity contribution in [2.45, 2.75) is 12.4 Å². The molecule has 1 aromatic carbocycles. The van der Waals surface area contributed by atoms with Crippen LogP contribution in [0.3, 0.4) is 0 Å². The van der Waals surface area contributed by atoms with Gasteiger partial charge in [0.25, 0.3) is 5.56 Å². The van der Waals surface area contributed by atoms with Crippen LogP contribution in [0.5, 0.6) is 11.5 Å². The second-order valence-electron chi connectivity index (χ2n) is 5.10. The van der Waals surface area contributed by atoms with Crippen LogP contribution in [-0.2, 0) is 17.2 Å². The number of fused-ring (bicyclic) bond motifs is 1. The Balaban J connectivity index is 1.75. The van der Waals surface area contributed by atoms with Crippen LogP contribution in [0.15, 0.2) is 35.1 Å². The fraction of sp³-hybridized carbons (Fsp3) is 0.250. The number of hydrogen-bond acceptors (Lipinski definition) is 8. The third-order valence-electron chi connectivity index (χ3n) is 3.24. The smallest absolute Gasteiger partial charge is 0.313 e. The van der Waals surface area contributed by atoms with Gasteiger partial charge in [0.2, 0.25) is 4.96 Å². The standard InChI is InChI=1S/C16H15N3O5S2/c1-23-11-4-2-3-5-12(11)24-7-13-18-19-14(20)6-10(17-16(19)26-13)8-25-9-15(21)22/h2-6H,7-9H2,1H3,(H,21,22). The number of aromatic nitrogens is 3. The second-order valence-corrected chi connectivity index (χ2v) is 7.13. The van der Waals surface area contributed by atoms with E-state index in [4.69, 9.17) is 14.6 Å². The molecule has 3 aromatic rings. The van der Waals surface area contributed by atoms with Gasteiger partial charge in [-0.1, -0.05) is 23.5 Å². The van der Waals surface area contributed by atoms with Crippen molar-refractivity contribution in [3.63, 3.8) is 0 Å². The van der Waals surface area contributed by atoms with Gasteiger partial charge in [-0.25, -0.2) is 4.98 Å². The number of para-hydroxylation sites is 2. The maximum atomic E-state index is 12.2. The summed E-state index contributed by atoms with van der Waals surface area (Å²) in [5, 5.41) is 13.5. The first-order valence-corrected chi connectivity index (χ1v) is 9.48. The van der Waals surface area contributed by atoms with Crippen molar-refractivity contribution in [1.82, 2.24) is 14.6 Å². The summed E-state index contributed by atoms with van der Waals surface area (Å²) in [4.78, 5) is 27.5. The molecule has 0 unspecified atom stereocenters. The lowest BCUT2D eigenvalue weighted by Gasteiger charge is -2.08. The van der Waals surface area contributed by atoms with E-state index in [0.29, 0.717) is 32.9 Å². The molecule has 2 heterocycles. The first kappa shape index (κ1) is 18.2. The third kappa shape index (κ3) is 4.33. The SMILES string of the molecule is COc1ccccc1OCc1nn2c(=O)cc(CSCC(=O)O)nc2s1. The minimum Gasteiger partial charge on any atom is -0.493 e. The van der Waals surface area contributed by atoms with Crippen molar-refractivity contribution in [3.8, 4) is 11.5 Å². The molecule has 3 rings (SSSR count). The molecule has 0 atom stereocenters. The molecule has 0 aliphatic carbocycles. The van der Waals surface area contributed by atoms with E-state index in [0.717, 1.165) is 0 Å². The van der Waals surface area contributed by atoms with Crippen molar-refractivity contribution < 1.29 is 19.4 Å². The van der Waals surface area contributed by atoms with Crippen LogP contribution < -0.4 is 15.0 Å². The molecule has 0 amide bonds. The van der Waals surface area contributed by atoms with E-state index >= 15 is 0 Å². The van der Waals surface area contributed by atoms with E-state index in [-0.39, 0.29) is 17.9 Å². The largest absolute Gasteiger partial charge is 0.493 e. The number of thioether (sulfide) groups is 1. The molecule has 0 saturated carbocycles. The number of nitrogens with zero attached hydrogens (tertiary/aromatic N) is 3. The summed E-state index contributed by atoms with van der Waals surface area (Å²) >= 11 is 2.43. The Morgan fingerprint density at radius 3 is 2.85 bits per heavy atom. The Labute approximate surface area is 156 Å². The Kier molecular flexibility index (Phi) is 5.74. The summed E-state index contributed by atoms with van der Waals surface area (Å²) in [6.07, 6.45) is 0. The Morgan fingerprint density at radius 1 is 1.35 bits per heavy atom. The lowest BCUT2D eigenvalue weighted by molar-refractivity contribution is -0.133. The molecule has 8 nitrogen and oxygen atoms in total. The third-order valence-corrected chi connectivity index (χ3v) is 5.07. The van der Waals surface area contributed by atoms with Crippen LogP contribution >= 0.6 is 23.1 Å². The summed E-state index contributed by atoms with van der Waals surface area (Å²) in [5.41, 5.74) is 0.225. The van der Waals surface area contributed by atoms with Crippen LogP contribution in [0.4, 0.5) is 0 Å². The highest BCUT2D eigenvalue weighted by Gasteiger charge is 2.11. The van der Waals surface area contributed by atoms with Gasteiger partial charge >= 0.3 is 5.97 Å². The molecule has 0 spiro atoms. The van der Waals surface area contributed by atoms with Crippen LogP contribution in [0.1, 0.15) is 10.7 Å². The average Bonchev–Trinajstić information content (AvgIpc) is 3.03. The maximum Gasteiger partial charge on any atom is 0.313 e. The zero-order valence-electron chi connectivity index (χ0n) is 13.7. The highest BCUT2D eigenvalue weighted by Crippen LogP contribution is 2.27. The number of methoxy groups -OCH3 is 1. The molecule has 0 bridgehead atoms. The molecule has 0 aliphatic rings. The molecule has 0 fully saturated rings. The predicted octanol–water partition coefficient (Wildman–Crippen LogP) is 2.06. The maximum absolute atomic E-state index is 12.2. The van der Waals surface area contributed by atoms with Crippen molar-refractivity contribution in [3.05, 3.63) is 51.4 Å². The van der Waals surface area contributed by atoms with E-state index in [1.54, 1.807) is 19.2 Å². The minimum atomic E-state index is -0.902. The van der Waals surface area contributed by atoms with Gasteiger partial charge in [0, 0.05) is 11.8 Å². The van der Waals surface area contributed by atoms with Gasteiger partial charge in [0.05, 0.1) is 18.6 Å². The van der Waals surface area contributed by atoms with Crippen LogP contribution in [-0.4, -0.2) is 38.5 Å². The number of aliphatic carboxylic acids is 1. The molecule has 2 aromatic heterocycles. The van der Waals surface area contributed by atoms with Crippen LogP contribution in [0.25, 0.3) is 4.96 Å². The number of rotatable bonds is 8. The monoisotopic (exact) mass is 393 g/mol. The Hall–Kier alpha value is -2.59. The normalized spacial score (nSPS) is 10.8. The fourth-order valence-corrected chi connectivity index (χ4v) is 3.61. The Bertz CT molecular complexity index is 985. The summed E-state index contributed by atoms with van der Waals surface area (Å²) < 4.78 is 12.2. The molecular formula is C16H15N3O5S2. The van der Waals surface area contributed by atoms with Crippen molar-refractivity contribution in [2.75, 3.05) is 12.9 Å². The lowest BCUT2D eigenvalue weighted by Crippen LogP contribution is -2.15. The number of carboxylic acids is 1. The zero-order valence-corrected chi connectivity index (χ0v) is 15.4. The predicted molar refractivity (Wildman–Crippen MR) is 98.3 cm³/mol. The van der Waals surface area contributed by atoms with E-state index in [1.807, 2.05) is 12.1 Å². The van der Waals surface area contributed by atoms with Gasteiger partial charge in [0.15, 0.2) is 16.5 Å². The van der Waals surface area contributed by atoms with Crippen molar-refractivity contribution in [2.24, 2.45) is 0 Å². The van der Waals surface area contributed by atoms with Gasteiger partial charge in [-0.2, -0.15) is 9.61 Å². The zero-order chi connectivity index (χ0) is 18.5. The molecule has 26 heavy (non-hydrogen) atoms. The van der Waals surface area contributed by atoms with Gasteiger partial charge in [-0.3, -0.25) is 9.59 Å². The number of hydrogen-bond donors (Lipinski definition) is 1. The lowest BCUT2D eigenvalue weighted by atomic mass is 10.3. The van der Waals surface area contributed by atoms with Crippen LogP contribution in [0, 0.1) is 0 Å². The summed E-state index contributed by atoms with van der Waals surface area (Å²) in [5.74, 6) is 0.605. The van der Waals surface area contributed by atoms with Crippen LogP contribution in [0.2, 0.25) is 0 Å². The Morgan fingerprint density at radius 2 is 2.12 bits per heavy atom. The summed E-state index contributed by atoms with van der Waals surface area (Å²) in [7, 11) is 1.56. The van der Waals surface area contributed by atoms with E-state index < -0.39 is 5.97 Å². The highest BCUT2D eigenvalue weighted by molar-refractivity contribution is 7.99. The first-order chi connectivity index (χ1) is 12.6. The highest BCUT2D eigenvalue weighted by atomic mass is 32.2. The molecule has 0 aliphatic heterocycles. The van der Waals surface area contributed by atoms with Gasteiger partial charge < -0.3 is 14.6 Å². The topological polar surface area (TPSA) is 103 Å². The number of benzene rings is 1. The molecule has 0 radical (unpaired) electrons. The minimum absolute atomic E-state index is 0.0399. The second kappa shape index (κ2) is 8.19. The quantitative estimate of drug-likeness (QED) is 0.620. The van der Waals surface area contributed by atoms with E-state index in [2.05, 4.69) is 10.1 Å². The van der Waals surface area contributed by atoms with Crippen molar-refractivity contribution >= 4 is 34.0 Å². The molecule has 10 heteroatoms. The van der Waals surface area contributed by atoms with E-state index in [9.17, 15) is 9.59 Å². The number of carboxylic acid groups (broad SMARTS) is 1. The van der Waals surface area contributed by atoms with Crippen molar-refractivity contribution in [1.29, 1.82) is 0 Å². The molecule has 0 saturated heterocycles. The fourth-order valence-electron chi connectivity index (χ4n) is 2.15. The molecular weight excluding hydrogens is 378 g/mol. The van der Waals surface area contributed by atoms with Gasteiger partial charge in [0.1, 0.15) is 6.61 Å². The molecule has 1 N–H and O–H groups in total. The van der Waals surface area contributed by atoms with Gasteiger partial charge in [-0.15, -0.1) is 11.8 Å². The molecule has 136 valence electrons. The number of ether oxygens (including phenoxy) is 2. The van der Waals surface area contributed by atoms with Gasteiger partial charge in [-0.05, 0) is 12.1 Å². The first-order valence-electron chi connectivity index (χ1n) is 7.51. The number of carbonyl (C=O) groups is 1. The summed E-state index contributed by atoms with van der Waals surface area (Å²) in [6.45, 7) is 0.178.